The van der Waals surface area contributed by atoms with Crippen molar-refractivity contribution in [2.24, 2.45) is 23.7 Å². The third-order valence-corrected chi connectivity index (χ3v) is 11.6. The number of carboxylic acid groups (broad SMARTS) is 1. The monoisotopic (exact) mass is 699 g/mol. The minimum atomic E-state index is -1.03. The second-order valence-electron chi connectivity index (χ2n) is 14.6. The molecule has 1 fully saturated rings. The summed E-state index contributed by atoms with van der Waals surface area (Å²) in [5, 5.41) is 25.7. The van der Waals surface area contributed by atoms with E-state index < -0.39 is 41.4 Å². The van der Waals surface area contributed by atoms with E-state index in [4.69, 9.17) is 5.73 Å². The van der Waals surface area contributed by atoms with E-state index in [9.17, 15) is 29.4 Å². The lowest BCUT2D eigenvalue weighted by molar-refractivity contribution is -0.143. The second kappa shape index (κ2) is 17.5. The number of rotatable bonds is 18. The molecular formula is C37H57N5O6S. The molecule has 0 saturated carbocycles. The molecule has 2 amide bonds. The minimum absolute atomic E-state index is 0.00316. The van der Waals surface area contributed by atoms with E-state index in [-0.39, 0.29) is 54.5 Å². The predicted molar refractivity (Wildman–Crippen MR) is 193 cm³/mol. The van der Waals surface area contributed by atoms with Gasteiger partial charge in [0.1, 0.15) is 16.8 Å². The van der Waals surface area contributed by atoms with Crippen LogP contribution in [0.4, 0.5) is 5.69 Å². The average molecular weight is 700 g/mol. The number of ketones is 1. The Morgan fingerprint density at radius 1 is 1.12 bits per heavy atom. The maximum Gasteiger partial charge on any atom is 0.306 e. The number of carbonyl (C=O) groups excluding carboxylic acids is 3. The number of likely N-dealkylation sites (tertiary alicyclic amines) is 1. The highest BCUT2D eigenvalue weighted by molar-refractivity contribution is 7.09. The Balaban J connectivity index is 1.72. The van der Waals surface area contributed by atoms with Gasteiger partial charge in [0, 0.05) is 49.0 Å². The molecule has 272 valence electrons. The summed E-state index contributed by atoms with van der Waals surface area (Å²) >= 11 is 1.17. The number of aliphatic carboxylic acids is 1. The number of hydrogen-bond acceptors (Lipinski definition) is 9. The average Bonchev–Trinajstić information content (AvgIpc) is 3.69. The Hall–Kier alpha value is -3.35. The number of aromatic nitrogens is 1. The molecule has 12 heteroatoms. The standard InChI is InChI=1S/C37H57N5O6S/c1-9-23(4)28(19-32(44)37(6)15-10-16-41(37)7)35(46)42(8)30(22(2)3)20-31(43)34-40-29(21-49-34)33(45)39-27(17-24(5)36(47)48)18-25-11-13-26(38)14-12-25/h11-14,21-24,27-28,30-31,43H,9-10,15-20,38H2,1-8H3,(H,39,45)(H,47,48)/t23-,24-,27+,28-,30+,31+,37+/m0/s1. The van der Waals surface area contributed by atoms with Gasteiger partial charge in [0.25, 0.3) is 5.91 Å². The van der Waals surface area contributed by atoms with Crippen molar-refractivity contribution < 1.29 is 29.4 Å². The molecule has 5 N–H and O–H groups in total. The van der Waals surface area contributed by atoms with Crippen molar-refractivity contribution in [2.45, 2.75) is 110 Å². The zero-order valence-corrected chi connectivity index (χ0v) is 31.3. The zero-order chi connectivity index (χ0) is 36.6. The number of carboxylic acids is 1. The molecule has 1 aromatic heterocycles. The fourth-order valence-corrected chi connectivity index (χ4v) is 7.58. The van der Waals surface area contributed by atoms with Crippen LogP contribution >= 0.6 is 11.3 Å². The summed E-state index contributed by atoms with van der Waals surface area (Å²) in [4.78, 5) is 60.8. The van der Waals surface area contributed by atoms with Crippen LogP contribution in [0, 0.1) is 23.7 Å². The molecule has 1 aromatic carbocycles. The molecule has 0 radical (unpaired) electrons. The Morgan fingerprint density at radius 3 is 2.33 bits per heavy atom. The van der Waals surface area contributed by atoms with E-state index in [2.05, 4.69) is 15.2 Å². The summed E-state index contributed by atoms with van der Waals surface area (Å²) in [6.07, 6.45) is 2.52. The lowest BCUT2D eigenvalue weighted by Crippen LogP contribution is -2.50. The number of benzene rings is 1. The van der Waals surface area contributed by atoms with Crippen LogP contribution < -0.4 is 11.1 Å². The van der Waals surface area contributed by atoms with E-state index in [0.29, 0.717) is 17.1 Å². The highest BCUT2D eigenvalue weighted by atomic mass is 32.1. The van der Waals surface area contributed by atoms with Crippen LogP contribution in [0.1, 0.15) is 107 Å². The number of nitrogens with two attached hydrogens (primary N) is 1. The minimum Gasteiger partial charge on any atom is -0.481 e. The number of carbonyl (C=O) groups is 4. The maximum absolute atomic E-state index is 14.1. The predicted octanol–water partition coefficient (Wildman–Crippen LogP) is 5.19. The number of aliphatic hydroxyl groups excluding tert-OH is 1. The van der Waals surface area contributed by atoms with Gasteiger partial charge in [-0.1, -0.05) is 53.2 Å². The first-order valence-electron chi connectivity index (χ1n) is 17.5. The summed E-state index contributed by atoms with van der Waals surface area (Å²) in [7, 11) is 3.73. The van der Waals surface area contributed by atoms with E-state index in [0.717, 1.165) is 31.4 Å². The molecule has 1 saturated heterocycles. The summed E-state index contributed by atoms with van der Waals surface area (Å²) in [6.45, 7) is 12.5. The molecule has 49 heavy (non-hydrogen) atoms. The van der Waals surface area contributed by atoms with Gasteiger partial charge in [-0.15, -0.1) is 11.3 Å². The highest BCUT2D eigenvalue weighted by Crippen LogP contribution is 2.34. The number of nitrogens with zero attached hydrogens (tertiary/aromatic N) is 3. The molecule has 1 aliphatic rings. The SMILES string of the molecule is CC[C@H](C)[C@H](CC(=O)[C@@]1(C)CCCN1C)C(=O)N(C)[C@H](C[C@@H](O)c1nc(C(=O)N[C@@H](Cc2ccc(N)cc2)C[C@H](C)C(=O)O)cs1)C(C)C. The third-order valence-electron chi connectivity index (χ3n) is 10.6. The number of amides is 2. The quantitative estimate of drug-likeness (QED) is 0.153. The normalized spacial score (nSPS) is 20.3. The van der Waals surface area contributed by atoms with Crippen molar-refractivity contribution in [2.75, 3.05) is 26.4 Å². The van der Waals surface area contributed by atoms with E-state index in [1.165, 1.54) is 11.3 Å². The molecule has 0 aliphatic carbocycles. The van der Waals surface area contributed by atoms with Crippen molar-refractivity contribution in [1.29, 1.82) is 0 Å². The number of hydrogen-bond donors (Lipinski definition) is 4. The van der Waals surface area contributed by atoms with Crippen LogP contribution in [-0.2, 0) is 20.8 Å². The van der Waals surface area contributed by atoms with E-state index in [1.54, 1.807) is 36.4 Å². The molecule has 2 aromatic rings. The largest absolute Gasteiger partial charge is 0.481 e. The van der Waals surface area contributed by atoms with Crippen molar-refractivity contribution in [3.8, 4) is 0 Å². The molecule has 7 atom stereocenters. The number of anilines is 1. The third kappa shape index (κ3) is 10.3. The van der Waals surface area contributed by atoms with Crippen molar-refractivity contribution >= 4 is 40.6 Å². The van der Waals surface area contributed by atoms with Gasteiger partial charge in [-0.3, -0.25) is 24.1 Å². The van der Waals surface area contributed by atoms with Gasteiger partial charge in [0.2, 0.25) is 5.91 Å². The lowest BCUT2D eigenvalue weighted by Gasteiger charge is -2.37. The first-order valence-corrected chi connectivity index (χ1v) is 18.4. The zero-order valence-electron chi connectivity index (χ0n) is 30.4. The number of thiazole rings is 1. The number of nitrogen functional groups attached to an aromatic ring is 1. The highest BCUT2D eigenvalue weighted by Gasteiger charge is 2.43. The van der Waals surface area contributed by atoms with Gasteiger partial charge < -0.3 is 26.2 Å². The smallest absolute Gasteiger partial charge is 0.306 e. The molecule has 0 bridgehead atoms. The summed E-state index contributed by atoms with van der Waals surface area (Å²) in [5.74, 6) is -2.53. The molecular weight excluding hydrogens is 643 g/mol. The molecule has 3 rings (SSSR count). The first kappa shape index (κ1) is 40.1. The Bertz CT molecular complexity index is 1430. The van der Waals surface area contributed by atoms with Crippen molar-refractivity contribution in [3.05, 3.63) is 45.9 Å². The second-order valence-corrected chi connectivity index (χ2v) is 15.5. The fraction of sp³-hybridized carbons (Fsp3) is 0.649. The Labute approximate surface area is 295 Å². The lowest BCUT2D eigenvalue weighted by atomic mass is 9.80. The Morgan fingerprint density at radius 2 is 1.78 bits per heavy atom. The van der Waals surface area contributed by atoms with E-state index >= 15 is 0 Å². The van der Waals surface area contributed by atoms with Crippen LogP contribution in [0.2, 0.25) is 0 Å². The van der Waals surface area contributed by atoms with Gasteiger partial charge in [-0.2, -0.15) is 0 Å². The van der Waals surface area contributed by atoms with Gasteiger partial charge in [-0.05, 0) is 75.7 Å². The molecule has 0 unspecified atom stereocenters. The fourth-order valence-electron chi connectivity index (χ4n) is 6.78. The van der Waals surface area contributed by atoms with Gasteiger partial charge in [-0.25, -0.2) is 4.98 Å². The Kier molecular flexibility index (Phi) is 14.3. The number of likely N-dealkylation sites (N-methyl/N-ethyl adjacent to an activating group) is 1. The van der Waals surface area contributed by atoms with Gasteiger partial charge in [0.05, 0.1) is 11.5 Å². The summed E-state index contributed by atoms with van der Waals surface area (Å²) in [6, 6.07) is 6.42. The van der Waals surface area contributed by atoms with Gasteiger partial charge >= 0.3 is 5.97 Å². The number of aliphatic hydroxyl groups is 1. The van der Waals surface area contributed by atoms with Gasteiger partial charge in [0.15, 0.2) is 5.78 Å². The van der Waals surface area contributed by atoms with Crippen molar-refractivity contribution in [1.82, 2.24) is 20.1 Å². The summed E-state index contributed by atoms with van der Waals surface area (Å²) < 4.78 is 0. The number of nitrogens with one attached hydrogen (secondary N) is 1. The van der Waals surface area contributed by atoms with Crippen LogP contribution in [0.15, 0.2) is 29.6 Å². The maximum atomic E-state index is 14.1. The van der Waals surface area contributed by atoms with Crippen LogP contribution in [0.3, 0.4) is 0 Å². The van der Waals surface area contributed by atoms with Crippen LogP contribution in [-0.4, -0.2) is 86.8 Å². The first-order chi connectivity index (χ1) is 23.0. The van der Waals surface area contributed by atoms with Crippen LogP contribution in [0.25, 0.3) is 0 Å². The molecule has 2 heterocycles. The molecule has 0 spiro atoms. The topological polar surface area (TPSA) is 166 Å². The number of Topliss-reactive ketones (excluding diaryl/α,β-unsaturated/α-hetero) is 1. The molecule has 11 nitrogen and oxygen atoms in total. The molecule has 1 aliphatic heterocycles. The summed E-state index contributed by atoms with van der Waals surface area (Å²) in [5.41, 5.74) is 6.90. The van der Waals surface area contributed by atoms with Crippen LogP contribution in [0.5, 0.6) is 0 Å². The van der Waals surface area contributed by atoms with Crippen molar-refractivity contribution in [3.63, 3.8) is 0 Å². The van der Waals surface area contributed by atoms with E-state index in [1.807, 2.05) is 53.8 Å².